The van der Waals surface area contributed by atoms with Gasteiger partial charge in [-0.3, -0.25) is 0 Å². The van der Waals surface area contributed by atoms with E-state index in [2.05, 4.69) is 41.5 Å². The third-order valence-corrected chi connectivity index (χ3v) is 15.7. The SMILES string of the molecule is CC(C)(C)P(=NI(Cl)Cl)(C1CCCCC1)C(C)(C)C. The van der Waals surface area contributed by atoms with Gasteiger partial charge in [0.2, 0.25) is 0 Å². The van der Waals surface area contributed by atoms with Crippen molar-refractivity contribution < 1.29 is 0 Å². The fourth-order valence-corrected chi connectivity index (χ4v) is 20.1. The van der Waals surface area contributed by atoms with Crippen LogP contribution in [0.15, 0.2) is 2.96 Å². The van der Waals surface area contributed by atoms with Crippen LogP contribution in [0.5, 0.6) is 0 Å². The average Bonchev–Trinajstić information content (AvgIpc) is 2.23. The first kappa shape index (κ1) is 18.6. The Morgan fingerprint density at radius 1 is 0.895 bits per heavy atom. The third kappa shape index (κ3) is 4.05. The molecule has 1 saturated carbocycles. The van der Waals surface area contributed by atoms with E-state index in [1.165, 1.54) is 32.1 Å². The van der Waals surface area contributed by atoms with Gasteiger partial charge < -0.3 is 0 Å². The summed E-state index contributed by atoms with van der Waals surface area (Å²) in [6.07, 6.45) is 6.74. The molecule has 1 aliphatic carbocycles. The fourth-order valence-electron chi connectivity index (χ4n) is 3.94. The Labute approximate surface area is 134 Å². The second kappa shape index (κ2) is 6.75. The Morgan fingerprint density at radius 3 is 1.63 bits per heavy atom. The van der Waals surface area contributed by atoms with Crippen LogP contribution >= 0.6 is 42.7 Å². The standard InChI is InChI=1S/C14H29Cl2INP/c1-13(2,3)19(14(4,5)6,18-17(15)16)12-10-8-7-9-11-12/h12H,7-11H2,1-6H3. The zero-order chi connectivity index (χ0) is 14.9. The molecule has 1 fully saturated rings. The van der Waals surface area contributed by atoms with Crippen molar-refractivity contribution in [2.45, 2.75) is 89.6 Å². The molecule has 0 aromatic rings. The van der Waals surface area contributed by atoms with Gasteiger partial charge in [0.05, 0.1) is 0 Å². The molecule has 0 N–H and O–H groups in total. The van der Waals surface area contributed by atoms with E-state index >= 15 is 0 Å². The predicted octanol–water partition coefficient (Wildman–Crippen LogP) is 7.85. The molecule has 0 unspecified atom stereocenters. The number of rotatable bonds is 2. The number of halogens is 3. The molecule has 19 heavy (non-hydrogen) atoms. The summed E-state index contributed by atoms with van der Waals surface area (Å²) in [4.78, 5) is 0. The molecule has 116 valence electrons. The molecule has 0 aromatic carbocycles. The van der Waals surface area contributed by atoms with Gasteiger partial charge in [0.25, 0.3) is 0 Å². The van der Waals surface area contributed by atoms with Gasteiger partial charge in [-0.05, 0) is 0 Å². The molecule has 0 aromatic heterocycles. The second-order valence-electron chi connectivity index (χ2n) is 7.58. The van der Waals surface area contributed by atoms with Gasteiger partial charge >= 0.3 is 135 Å². The average molecular weight is 440 g/mol. The molecule has 0 atom stereocenters. The molecule has 1 aliphatic rings. The Balaban J connectivity index is 3.44. The summed E-state index contributed by atoms with van der Waals surface area (Å²) in [5.74, 6) is 0. The zero-order valence-electron chi connectivity index (χ0n) is 13.1. The van der Waals surface area contributed by atoms with E-state index in [0.29, 0.717) is 0 Å². The van der Waals surface area contributed by atoms with Gasteiger partial charge in [0, 0.05) is 0 Å². The summed E-state index contributed by atoms with van der Waals surface area (Å²) >= 11 is -2.12. The van der Waals surface area contributed by atoms with Crippen molar-refractivity contribution in [2.75, 3.05) is 0 Å². The van der Waals surface area contributed by atoms with Crippen molar-refractivity contribution >= 4 is 42.7 Å². The van der Waals surface area contributed by atoms with Gasteiger partial charge in [-0.2, -0.15) is 0 Å². The van der Waals surface area contributed by atoms with Gasteiger partial charge in [-0.1, -0.05) is 0 Å². The van der Waals surface area contributed by atoms with Crippen LogP contribution < -0.4 is 0 Å². The summed E-state index contributed by atoms with van der Waals surface area (Å²) in [5, 5.41) is 0.402. The van der Waals surface area contributed by atoms with Crippen LogP contribution in [0.2, 0.25) is 0 Å². The number of hydrogen-bond acceptors (Lipinski definition) is 1. The first-order valence-electron chi connectivity index (χ1n) is 7.18. The summed E-state index contributed by atoms with van der Waals surface area (Å²) in [7, 11) is 11.0. The molecule has 0 spiro atoms. The van der Waals surface area contributed by atoms with E-state index in [1.54, 1.807) is 0 Å². The minimum atomic E-state index is -2.12. The van der Waals surface area contributed by atoms with E-state index in [4.69, 9.17) is 20.8 Å². The Morgan fingerprint density at radius 2 is 1.32 bits per heavy atom. The van der Waals surface area contributed by atoms with Crippen LogP contribution in [0, 0.1) is 0 Å². The van der Waals surface area contributed by atoms with E-state index in [0.717, 1.165) is 5.66 Å². The van der Waals surface area contributed by atoms with Crippen LogP contribution in [0.4, 0.5) is 0 Å². The molecule has 5 heteroatoms. The molecular weight excluding hydrogens is 411 g/mol. The molecule has 0 bridgehead atoms. The topological polar surface area (TPSA) is 12.4 Å². The maximum absolute atomic E-state index is 6.28. The van der Waals surface area contributed by atoms with Crippen LogP contribution in [0.1, 0.15) is 73.6 Å². The van der Waals surface area contributed by atoms with Gasteiger partial charge in [-0.25, -0.2) is 0 Å². The first-order chi connectivity index (χ1) is 8.52. The van der Waals surface area contributed by atoms with Gasteiger partial charge in [0.1, 0.15) is 0 Å². The minimum absolute atomic E-state index is 0.201. The first-order valence-corrected chi connectivity index (χ1v) is 15.4. The monoisotopic (exact) mass is 439 g/mol. The van der Waals surface area contributed by atoms with E-state index in [-0.39, 0.29) is 10.3 Å². The van der Waals surface area contributed by atoms with E-state index in [1.807, 2.05) is 0 Å². The molecule has 0 saturated heterocycles. The molecule has 0 radical (unpaired) electrons. The normalized spacial score (nSPS) is 20.3. The number of nitrogens with zero attached hydrogens (tertiary/aromatic N) is 1. The molecule has 1 nitrogen and oxygen atoms in total. The van der Waals surface area contributed by atoms with Crippen LogP contribution in [-0.2, 0) is 0 Å². The fraction of sp³-hybridized carbons (Fsp3) is 1.00. The van der Waals surface area contributed by atoms with Crippen LogP contribution in [-0.4, -0.2) is 16.0 Å². The van der Waals surface area contributed by atoms with Crippen molar-refractivity contribution in [3.05, 3.63) is 0 Å². The molecule has 0 amide bonds. The molecule has 0 heterocycles. The summed E-state index contributed by atoms with van der Waals surface area (Å²) in [6, 6.07) is 0. The molecule has 1 rings (SSSR count). The third-order valence-electron chi connectivity index (χ3n) is 4.32. The van der Waals surface area contributed by atoms with Crippen molar-refractivity contribution in [3.63, 3.8) is 0 Å². The quantitative estimate of drug-likeness (QED) is 0.306. The van der Waals surface area contributed by atoms with E-state index < -0.39 is 24.9 Å². The molecule has 0 aliphatic heterocycles. The van der Waals surface area contributed by atoms with Crippen LogP contribution in [0.3, 0.4) is 0 Å². The Bertz CT molecular complexity index is 331. The van der Waals surface area contributed by atoms with Crippen molar-refractivity contribution in [2.24, 2.45) is 2.96 Å². The molecular formula is C14H29Cl2INP. The van der Waals surface area contributed by atoms with Gasteiger partial charge in [0.15, 0.2) is 0 Å². The second-order valence-corrected chi connectivity index (χ2v) is 19.5. The summed E-state index contributed by atoms with van der Waals surface area (Å²) in [6.45, 7) is 14.2. The number of hydrogen-bond donors (Lipinski definition) is 0. The van der Waals surface area contributed by atoms with Crippen molar-refractivity contribution in [1.29, 1.82) is 0 Å². The summed E-state index contributed by atoms with van der Waals surface area (Å²) in [5.41, 5.74) is 0.735. The maximum atomic E-state index is 6.28. The summed E-state index contributed by atoms with van der Waals surface area (Å²) < 4.78 is 5.17. The van der Waals surface area contributed by atoms with Crippen LogP contribution in [0.25, 0.3) is 0 Å². The predicted molar refractivity (Wildman–Crippen MR) is 101 cm³/mol. The van der Waals surface area contributed by atoms with Crippen molar-refractivity contribution in [3.8, 4) is 0 Å². The Kier molecular flexibility index (Phi) is 6.61. The zero-order valence-corrected chi connectivity index (χ0v) is 17.7. The van der Waals surface area contributed by atoms with Gasteiger partial charge in [-0.15, -0.1) is 0 Å². The van der Waals surface area contributed by atoms with E-state index in [9.17, 15) is 0 Å². The van der Waals surface area contributed by atoms with Crippen molar-refractivity contribution in [1.82, 2.24) is 0 Å². The Hall–Kier alpha value is 1.54.